The summed E-state index contributed by atoms with van der Waals surface area (Å²) >= 11 is 0. The van der Waals surface area contributed by atoms with Gasteiger partial charge >= 0.3 is 0 Å². The Morgan fingerprint density at radius 1 is 1.00 bits per heavy atom. The van der Waals surface area contributed by atoms with Crippen molar-refractivity contribution >= 4 is 12.4 Å². The van der Waals surface area contributed by atoms with Crippen molar-refractivity contribution < 1.29 is 0 Å². The molecule has 2 nitrogen and oxygen atoms in total. The van der Waals surface area contributed by atoms with E-state index < -0.39 is 0 Å². The highest BCUT2D eigenvalue weighted by molar-refractivity contribution is 5.85. The Hall–Kier alpha value is -0.500. The Morgan fingerprint density at radius 3 is 2.12 bits per heavy atom. The van der Waals surface area contributed by atoms with E-state index in [1.54, 1.807) is 0 Å². The average Bonchev–Trinajstić information content (AvgIpc) is 2.68. The second kappa shape index (κ2) is 10.6. The van der Waals surface area contributed by atoms with Gasteiger partial charge in [-0.15, -0.1) is 12.4 Å². The molecule has 1 rings (SSSR count). The highest BCUT2D eigenvalue weighted by Gasteiger charge is 1.96. The van der Waals surface area contributed by atoms with Crippen LogP contribution in [-0.4, -0.2) is 9.55 Å². The Kier molecular flexibility index (Phi) is 10.3. The van der Waals surface area contributed by atoms with E-state index in [9.17, 15) is 0 Å². The molecule has 0 aliphatic rings. The van der Waals surface area contributed by atoms with Crippen molar-refractivity contribution in [2.45, 2.75) is 71.8 Å². The lowest BCUT2D eigenvalue weighted by atomic mass is 10.1. The van der Waals surface area contributed by atoms with Crippen LogP contribution in [-0.2, 0) is 6.54 Å². The van der Waals surface area contributed by atoms with E-state index in [1.165, 1.54) is 51.4 Å². The summed E-state index contributed by atoms with van der Waals surface area (Å²) in [5.74, 6) is 1.14. The molecule has 0 radical (unpaired) electrons. The van der Waals surface area contributed by atoms with Crippen LogP contribution in [0.15, 0.2) is 12.4 Å². The maximum absolute atomic E-state index is 4.23. The summed E-state index contributed by atoms with van der Waals surface area (Å²) in [4.78, 5) is 4.23. The van der Waals surface area contributed by atoms with E-state index in [4.69, 9.17) is 0 Å². The van der Waals surface area contributed by atoms with Gasteiger partial charge in [0.25, 0.3) is 0 Å². The van der Waals surface area contributed by atoms with Crippen LogP contribution in [0.25, 0.3) is 0 Å². The lowest BCUT2D eigenvalue weighted by molar-refractivity contribution is 0.539. The van der Waals surface area contributed by atoms with Gasteiger partial charge in [0.05, 0.1) is 0 Å². The molecule has 3 heteroatoms. The van der Waals surface area contributed by atoms with Crippen LogP contribution in [0, 0.1) is 6.92 Å². The Bertz CT molecular complexity index is 271. The quantitative estimate of drug-likeness (QED) is 0.584. The SMILES string of the molecule is CCCCCCCCCCn1ccnc1C.Cl. The molecule has 0 saturated heterocycles. The van der Waals surface area contributed by atoms with Gasteiger partial charge in [0.1, 0.15) is 5.82 Å². The molecule has 1 aromatic heterocycles. The molecule has 0 fully saturated rings. The maximum Gasteiger partial charge on any atom is 0.105 e. The fraction of sp³-hybridized carbons (Fsp3) is 0.786. The smallest absolute Gasteiger partial charge is 0.105 e. The zero-order valence-electron chi connectivity index (χ0n) is 11.3. The first-order valence-electron chi connectivity index (χ1n) is 6.82. The predicted molar refractivity (Wildman–Crippen MR) is 76.8 cm³/mol. The lowest BCUT2D eigenvalue weighted by Gasteiger charge is -2.04. The summed E-state index contributed by atoms with van der Waals surface area (Å²) < 4.78 is 2.25. The third kappa shape index (κ3) is 7.43. The number of unbranched alkanes of at least 4 members (excludes halogenated alkanes) is 7. The van der Waals surface area contributed by atoms with E-state index in [-0.39, 0.29) is 12.4 Å². The number of aryl methyl sites for hydroxylation is 2. The summed E-state index contributed by atoms with van der Waals surface area (Å²) in [5.41, 5.74) is 0. The van der Waals surface area contributed by atoms with Gasteiger partial charge in [-0.3, -0.25) is 0 Å². The number of hydrogen-bond donors (Lipinski definition) is 0. The molecule has 1 aromatic rings. The van der Waals surface area contributed by atoms with Crippen molar-refractivity contribution in [1.29, 1.82) is 0 Å². The Labute approximate surface area is 112 Å². The van der Waals surface area contributed by atoms with Crippen molar-refractivity contribution in [3.05, 3.63) is 18.2 Å². The molecular formula is C14H27ClN2. The zero-order valence-corrected chi connectivity index (χ0v) is 12.1. The van der Waals surface area contributed by atoms with Crippen molar-refractivity contribution in [1.82, 2.24) is 9.55 Å². The summed E-state index contributed by atoms with van der Waals surface area (Å²) in [5, 5.41) is 0. The van der Waals surface area contributed by atoms with Gasteiger partial charge in [-0.25, -0.2) is 4.98 Å². The summed E-state index contributed by atoms with van der Waals surface area (Å²) in [6.07, 6.45) is 15.1. The molecule has 1 heterocycles. The van der Waals surface area contributed by atoms with Crippen LogP contribution in [0.5, 0.6) is 0 Å². The first kappa shape index (κ1) is 16.5. The fourth-order valence-corrected chi connectivity index (χ4v) is 2.06. The van der Waals surface area contributed by atoms with Gasteiger partial charge in [0, 0.05) is 18.9 Å². The van der Waals surface area contributed by atoms with Gasteiger partial charge in [0.2, 0.25) is 0 Å². The fourth-order valence-electron chi connectivity index (χ4n) is 2.06. The number of imidazole rings is 1. The van der Waals surface area contributed by atoms with E-state index in [1.807, 2.05) is 6.20 Å². The second-order valence-corrected chi connectivity index (χ2v) is 4.64. The minimum absolute atomic E-state index is 0. The number of nitrogens with zero attached hydrogens (tertiary/aromatic N) is 2. The van der Waals surface area contributed by atoms with Crippen molar-refractivity contribution in [3.63, 3.8) is 0 Å². The molecule has 0 spiro atoms. The highest BCUT2D eigenvalue weighted by atomic mass is 35.5. The normalized spacial score (nSPS) is 10.2. The van der Waals surface area contributed by atoms with Crippen LogP contribution in [0.2, 0.25) is 0 Å². The number of aromatic nitrogens is 2. The minimum Gasteiger partial charge on any atom is -0.335 e. The molecule has 17 heavy (non-hydrogen) atoms. The number of halogens is 1. The standard InChI is InChI=1S/C14H26N2.ClH/c1-3-4-5-6-7-8-9-10-12-16-13-11-15-14(16)2;/h11,13H,3-10,12H2,1-2H3;1H. The van der Waals surface area contributed by atoms with Crippen LogP contribution in [0.1, 0.15) is 64.1 Å². The molecule has 100 valence electrons. The topological polar surface area (TPSA) is 17.8 Å². The van der Waals surface area contributed by atoms with Crippen LogP contribution in [0.4, 0.5) is 0 Å². The Morgan fingerprint density at radius 2 is 1.59 bits per heavy atom. The zero-order chi connectivity index (χ0) is 11.6. The molecule has 0 aliphatic heterocycles. The van der Waals surface area contributed by atoms with Gasteiger partial charge in [0.15, 0.2) is 0 Å². The van der Waals surface area contributed by atoms with Crippen molar-refractivity contribution in [2.24, 2.45) is 0 Å². The Balaban J connectivity index is 0.00000256. The first-order chi connectivity index (χ1) is 7.84. The monoisotopic (exact) mass is 258 g/mol. The third-order valence-corrected chi connectivity index (χ3v) is 3.18. The first-order valence-corrected chi connectivity index (χ1v) is 6.82. The molecule has 0 unspecified atom stereocenters. The van der Waals surface area contributed by atoms with Gasteiger partial charge in [-0.2, -0.15) is 0 Å². The van der Waals surface area contributed by atoms with E-state index in [0.717, 1.165) is 12.4 Å². The predicted octanol–water partition coefficient (Wildman–Crippen LogP) is 4.75. The molecule has 0 N–H and O–H groups in total. The molecule has 0 aromatic carbocycles. The van der Waals surface area contributed by atoms with E-state index >= 15 is 0 Å². The third-order valence-electron chi connectivity index (χ3n) is 3.18. The van der Waals surface area contributed by atoms with Crippen LogP contribution < -0.4 is 0 Å². The summed E-state index contributed by atoms with van der Waals surface area (Å²) in [6.45, 7) is 5.49. The molecular weight excluding hydrogens is 232 g/mol. The summed E-state index contributed by atoms with van der Waals surface area (Å²) in [6, 6.07) is 0. The average molecular weight is 259 g/mol. The molecule has 0 amide bonds. The highest BCUT2D eigenvalue weighted by Crippen LogP contribution is 2.09. The van der Waals surface area contributed by atoms with Crippen molar-refractivity contribution in [3.8, 4) is 0 Å². The largest absolute Gasteiger partial charge is 0.335 e. The summed E-state index contributed by atoms with van der Waals surface area (Å²) in [7, 11) is 0. The number of rotatable bonds is 9. The van der Waals surface area contributed by atoms with Crippen LogP contribution >= 0.6 is 12.4 Å². The van der Waals surface area contributed by atoms with Gasteiger partial charge < -0.3 is 4.57 Å². The second-order valence-electron chi connectivity index (χ2n) is 4.64. The molecule has 0 saturated carbocycles. The number of hydrogen-bond acceptors (Lipinski definition) is 1. The van der Waals surface area contributed by atoms with Crippen LogP contribution in [0.3, 0.4) is 0 Å². The van der Waals surface area contributed by atoms with Crippen molar-refractivity contribution in [2.75, 3.05) is 0 Å². The molecule has 0 aliphatic carbocycles. The van der Waals surface area contributed by atoms with Gasteiger partial charge in [-0.05, 0) is 13.3 Å². The molecule has 0 bridgehead atoms. The minimum atomic E-state index is 0. The molecule has 0 atom stereocenters. The van der Waals surface area contributed by atoms with E-state index in [0.29, 0.717) is 0 Å². The lowest BCUT2D eigenvalue weighted by Crippen LogP contribution is -1.98. The maximum atomic E-state index is 4.23. The van der Waals surface area contributed by atoms with E-state index in [2.05, 4.69) is 29.6 Å². The van der Waals surface area contributed by atoms with Gasteiger partial charge in [-0.1, -0.05) is 51.9 Å².